The van der Waals surface area contributed by atoms with Gasteiger partial charge in [-0.15, -0.1) is 0 Å². The summed E-state index contributed by atoms with van der Waals surface area (Å²) >= 11 is 0. The second kappa shape index (κ2) is 7.06. The van der Waals surface area contributed by atoms with Gasteiger partial charge in [-0.2, -0.15) is 13.2 Å². The first-order chi connectivity index (χ1) is 11.9. The van der Waals surface area contributed by atoms with Crippen molar-refractivity contribution in [1.29, 1.82) is 0 Å². The minimum Gasteiger partial charge on any atom is -0.444 e. The Bertz CT molecular complexity index is 841. The van der Waals surface area contributed by atoms with E-state index in [0.29, 0.717) is 29.3 Å². The van der Waals surface area contributed by atoms with Gasteiger partial charge in [0.05, 0.1) is 11.3 Å². The largest absolute Gasteiger partial charge is 0.444 e. The van der Waals surface area contributed by atoms with Crippen LogP contribution >= 0.6 is 0 Å². The van der Waals surface area contributed by atoms with Gasteiger partial charge in [0.2, 0.25) is 5.89 Å². The van der Waals surface area contributed by atoms with Crippen LogP contribution in [0.4, 0.5) is 17.6 Å². The molecule has 0 saturated heterocycles. The van der Waals surface area contributed by atoms with E-state index in [1.807, 2.05) is 0 Å². The van der Waals surface area contributed by atoms with Crippen molar-refractivity contribution < 1.29 is 22.0 Å². The Morgan fingerprint density at radius 3 is 2.48 bits per heavy atom. The van der Waals surface area contributed by atoms with E-state index in [9.17, 15) is 17.6 Å². The summed E-state index contributed by atoms with van der Waals surface area (Å²) in [5.41, 5.74) is 1.10. The number of benzene rings is 2. The molecule has 7 heteroatoms. The average molecular weight is 350 g/mol. The number of hydrogen-bond acceptors (Lipinski definition) is 3. The second-order valence-electron chi connectivity index (χ2n) is 5.45. The van der Waals surface area contributed by atoms with Crippen LogP contribution in [0.3, 0.4) is 0 Å². The van der Waals surface area contributed by atoms with Crippen LogP contribution in [0.15, 0.2) is 59.2 Å². The maximum absolute atomic E-state index is 12.9. The molecule has 3 aromatic rings. The van der Waals surface area contributed by atoms with Crippen LogP contribution in [0, 0.1) is 5.82 Å². The zero-order valence-electron chi connectivity index (χ0n) is 13.0. The van der Waals surface area contributed by atoms with Crippen molar-refractivity contribution >= 4 is 0 Å². The lowest BCUT2D eigenvalue weighted by molar-refractivity contribution is -0.137. The molecule has 1 N–H and O–H groups in total. The van der Waals surface area contributed by atoms with Crippen LogP contribution < -0.4 is 5.32 Å². The lowest BCUT2D eigenvalue weighted by Crippen LogP contribution is -2.14. The van der Waals surface area contributed by atoms with Gasteiger partial charge in [-0.05, 0) is 35.9 Å². The first-order valence-corrected chi connectivity index (χ1v) is 7.49. The van der Waals surface area contributed by atoms with Crippen LogP contribution in [0.25, 0.3) is 11.5 Å². The molecule has 3 rings (SSSR count). The number of alkyl halides is 3. The molecule has 0 atom stereocenters. The SMILES string of the molecule is Fc1ccc(-c2nc(CNCc3cccc(C(F)(F)F)c3)co2)cc1. The van der Waals surface area contributed by atoms with Crippen molar-refractivity contribution in [3.05, 3.63) is 77.4 Å². The number of hydrogen-bond donors (Lipinski definition) is 1. The highest BCUT2D eigenvalue weighted by atomic mass is 19.4. The summed E-state index contributed by atoms with van der Waals surface area (Å²) in [5.74, 6) is 0.00847. The molecule has 1 aromatic heterocycles. The molecule has 0 spiro atoms. The lowest BCUT2D eigenvalue weighted by Gasteiger charge is -2.09. The summed E-state index contributed by atoms with van der Waals surface area (Å²) in [4.78, 5) is 4.27. The fourth-order valence-electron chi connectivity index (χ4n) is 2.31. The number of nitrogens with one attached hydrogen (secondary N) is 1. The van der Waals surface area contributed by atoms with Gasteiger partial charge in [-0.3, -0.25) is 0 Å². The molecular formula is C18H14F4N2O. The molecule has 1 heterocycles. The summed E-state index contributed by atoms with van der Waals surface area (Å²) in [7, 11) is 0. The highest BCUT2D eigenvalue weighted by Gasteiger charge is 2.30. The zero-order valence-corrected chi connectivity index (χ0v) is 13.0. The van der Waals surface area contributed by atoms with Crippen LogP contribution in [-0.2, 0) is 19.3 Å². The molecule has 0 aliphatic rings. The highest BCUT2D eigenvalue weighted by molar-refractivity contribution is 5.52. The molecular weight excluding hydrogens is 336 g/mol. The van der Waals surface area contributed by atoms with Crippen molar-refractivity contribution in [3.63, 3.8) is 0 Å². The van der Waals surface area contributed by atoms with Gasteiger partial charge in [-0.25, -0.2) is 9.37 Å². The molecule has 0 saturated carbocycles. The Labute approximate surface area is 141 Å². The van der Waals surface area contributed by atoms with Gasteiger partial charge in [0.15, 0.2) is 0 Å². The zero-order chi connectivity index (χ0) is 17.9. The quantitative estimate of drug-likeness (QED) is 0.673. The van der Waals surface area contributed by atoms with Gasteiger partial charge < -0.3 is 9.73 Å². The summed E-state index contributed by atoms with van der Waals surface area (Å²) < 4.78 is 56.3. The van der Waals surface area contributed by atoms with Gasteiger partial charge >= 0.3 is 6.18 Å². The second-order valence-corrected chi connectivity index (χ2v) is 5.45. The number of halogens is 4. The van der Waals surface area contributed by atoms with Gasteiger partial charge in [0, 0.05) is 18.7 Å². The summed E-state index contributed by atoms with van der Waals surface area (Å²) in [6, 6.07) is 10.9. The Morgan fingerprint density at radius 2 is 1.76 bits per heavy atom. The number of oxazole rings is 1. The van der Waals surface area contributed by atoms with Crippen molar-refractivity contribution in [3.8, 4) is 11.5 Å². The molecule has 25 heavy (non-hydrogen) atoms. The molecule has 0 unspecified atom stereocenters. The van der Waals surface area contributed by atoms with Crippen LogP contribution in [0.1, 0.15) is 16.8 Å². The smallest absolute Gasteiger partial charge is 0.416 e. The topological polar surface area (TPSA) is 38.1 Å². The third-order valence-electron chi connectivity index (χ3n) is 3.53. The van der Waals surface area contributed by atoms with E-state index in [4.69, 9.17) is 4.42 Å². The molecule has 0 bridgehead atoms. The van der Waals surface area contributed by atoms with E-state index in [1.54, 1.807) is 18.2 Å². The summed E-state index contributed by atoms with van der Waals surface area (Å²) in [5, 5.41) is 3.02. The molecule has 3 nitrogen and oxygen atoms in total. The van der Waals surface area contributed by atoms with Crippen LogP contribution in [-0.4, -0.2) is 4.98 Å². The molecule has 0 aliphatic carbocycles. The van der Waals surface area contributed by atoms with E-state index in [-0.39, 0.29) is 12.4 Å². The standard InChI is InChI=1S/C18H14F4N2O/c19-15-6-4-13(5-7-15)17-24-16(11-25-17)10-23-9-12-2-1-3-14(8-12)18(20,21)22/h1-8,11,23H,9-10H2. The average Bonchev–Trinajstić information content (AvgIpc) is 3.04. The predicted molar refractivity (Wildman–Crippen MR) is 83.9 cm³/mol. The fraction of sp³-hybridized carbons (Fsp3) is 0.167. The summed E-state index contributed by atoms with van der Waals surface area (Å²) in [6.45, 7) is 0.601. The molecule has 2 aromatic carbocycles. The Kier molecular flexibility index (Phi) is 4.85. The Balaban J connectivity index is 1.59. The normalized spacial score (nSPS) is 11.7. The van der Waals surface area contributed by atoms with Crippen molar-refractivity contribution in [2.24, 2.45) is 0 Å². The fourth-order valence-corrected chi connectivity index (χ4v) is 2.31. The van der Waals surface area contributed by atoms with Gasteiger partial charge in [0.25, 0.3) is 0 Å². The van der Waals surface area contributed by atoms with Gasteiger partial charge in [0.1, 0.15) is 12.1 Å². The van der Waals surface area contributed by atoms with E-state index in [0.717, 1.165) is 12.1 Å². The van der Waals surface area contributed by atoms with E-state index >= 15 is 0 Å². The van der Waals surface area contributed by atoms with Crippen molar-refractivity contribution in [2.45, 2.75) is 19.3 Å². The minimum absolute atomic E-state index is 0.267. The van der Waals surface area contributed by atoms with Crippen molar-refractivity contribution in [2.75, 3.05) is 0 Å². The third-order valence-corrected chi connectivity index (χ3v) is 3.53. The van der Waals surface area contributed by atoms with Crippen LogP contribution in [0.2, 0.25) is 0 Å². The molecule has 0 fully saturated rings. The predicted octanol–water partition coefficient (Wildman–Crippen LogP) is 4.79. The maximum Gasteiger partial charge on any atom is 0.416 e. The van der Waals surface area contributed by atoms with Gasteiger partial charge in [-0.1, -0.05) is 18.2 Å². The minimum atomic E-state index is -4.35. The summed E-state index contributed by atoms with van der Waals surface area (Å²) in [6.07, 6.45) is -2.90. The van der Waals surface area contributed by atoms with E-state index in [2.05, 4.69) is 10.3 Å². The number of rotatable bonds is 5. The first kappa shape index (κ1) is 17.2. The Morgan fingerprint density at radius 1 is 1.00 bits per heavy atom. The molecule has 130 valence electrons. The molecule has 0 aliphatic heterocycles. The monoisotopic (exact) mass is 350 g/mol. The number of nitrogens with zero attached hydrogens (tertiary/aromatic N) is 1. The number of aromatic nitrogens is 1. The third kappa shape index (κ3) is 4.45. The van der Waals surface area contributed by atoms with Crippen molar-refractivity contribution in [1.82, 2.24) is 10.3 Å². The Hall–Kier alpha value is -2.67. The highest BCUT2D eigenvalue weighted by Crippen LogP contribution is 2.29. The van der Waals surface area contributed by atoms with E-state index < -0.39 is 11.7 Å². The maximum atomic E-state index is 12.9. The lowest BCUT2D eigenvalue weighted by atomic mass is 10.1. The molecule has 0 amide bonds. The van der Waals surface area contributed by atoms with E-state index in [1.165, 1.54) is 24.5 Å². The van der Waals surface area contributed by atoms with Crippen LogP contribution in [0.5, 0.6) is 0 Å². The first-order valence-electron chi connectivity index (χ1n) is 7.49. The molecule has 0 radical (unpaired) electrons.